The van der Waals surface area contributed by atoms with Gasteiger partial charge < -0.3 is 14.2 Å². The second-order valence-electron chi connectivity index (χ2n) is 8.15. The third-order valence-electron chi connectivity index (χ3n) is 5.90. The van der Waals surface area contributed by atoms with Crippen molar-refractivity contribution in [3.05, 3.63) is 102 Å². The van der Waals surface area contributed by atoms with Gasteiger partial charge in [0.25, 0.3) is 0 Å². The van der Waals surface area contributed by atoms with E-state index in [1.807, 2.05) is 12.1 Å². The molecule has 0 bridgehead atoms. The van der Waals surface area contributed by atoms with Crippen molar-refractivity contribution in [3.63, 3.8) is 0 Å². The summed E-state index contributed by atoms with van der Waals surface area (Å²) >= 11 is 6.15. The number of nitrogens with zero attached hydrogens (tertiary/aromatic N) is 4. The summed E-state index contributed by atoms with van der Waals surface area (Å²) in [7, 11) is 0. The fraction of sp³-hybridized carbons (Fsp3) is 0.192. The topological polar surface area (TPSA) is 105 Å². The summed E-state index contributed by atoms with van der Waals surface area (Å²) in [5.41, 5.74) is 1.75. The summed E-state index contributed by atoms with van der Waals surface area (Å²) in [4.78, 5) is 37.7. The van der Waals surface area contributed by atoms with Crippen LogP contribution in [0.5, 0.6) is 0 Å². The maximum Gasteiger partial charge on any atom is 0.343 e. The average Bonchev–Trinajstić information content (AvgIpc) is 3.53. The summed E-state index contributed by atoms with van der Waals surface area (Å²) in [5.74, 6) is -1.26. The Labute approximate surface area is 211 Å². The molecule has 1 aliphatic heterocycles. The molecule has 0 N–H and O–H groups in total. The van der Waals surface area contributed by atoms with Gasteiger partial charge >= 0.3 is 11.9 Å². The molecule has 9 nitrogen and oxygen atoms in total. The van der Waals surface area contributed by atoms with Crippen molar-refractivity contribution in [1.82, 2.24) is 19.5 Å². The second kappa shape index (κ2) is 10.3. The third kappa shape index (κ3) is 4.84. The van der Waals surface area contributed by atoms with Gasteiger partial charge in [-0.1, -0.05) is 54.6 Å². The van der Waals surface area contributed by atoms with Gasteiger partial charge in [0.2, 0.25) is 0 Å². The van der Waals surface area contributed by atoms with Crippen molar-refractivity contribution in [1.29, 1.82) is 0 Å². The zero-order valence-electron chi connectivity index (χ0n) is 19.0. The number of carbonyl (C=O) groups excluding carboxylic acids is 2. The van der Waals surface area contributed by atoms with E-state index >= 15 is 0 Å². The molecule has 3 unspecified atom stereocenters. The lowest BCUT2D eigenvalue weighted by atomic mass is 9.99. The molecule has 0 amide bonds. The maximum atomic E-state index is 12.6. The highest BCUT2D eigenvalue weighted by Crippen LogP contribution is 2.39. The van der Waals surface area contributed by atoms with Crippen molar-refractivity contribution < 1.29 is 23.8 Å². The van der Waals surface area contributed by atoms with E-state index in [0.717, 1.165) is 0 Å². The minimum Gasteiger partial charge on any atom is -0.459 e. The number of fused-ring (bicyclic) bond motifs is 1. The molecule has 4 aromatic rings. The molecular formula is C26H21ClN4O5. The van der Waals surface area contributed by atoms with Crippen LogP contribution < -0.4 is 0 Å². The van der Waals surface area contributed by atoms with Crippen LogP contribution in [-0.4, -0.2) is 44.2 Å². The van der Waals surface area contributed by atoms with E-state index in [0.29, 0.717) is 28.7 Å². The van der Waals surface area contributed by atoms with Gasteiger partial charge in [0, 0.05) is 6.42 Å². The second-order valence-corrected chi connectivity index (χ2v) is 8.50. The molecule has 0 aliphatic carbocycles. The number of esters is 2. The van der Waals surface area contributed by atoms with E-state index in [2.05, 4.69) is 21.5 Å². The van der Waals surface area contributed by atoms with Gasteiger partial charge in [-0.25, -0.2) is 24.5 Å². The monoisotopic (exact) mass is 504 g/mol. The Bertz CT molecular complexity index is 1410. The van der Waals surface area contributed by atoms with Crippen molar-refractivity contribution in [2.45, 2.75) is 18.8 Å². The van der Waals surface area contributed by atoms with Crippen LogP contribution >= 0.6 is 11.6 Å². The lowest BCUT2D eigenvalue weighted by Crippen LogP contribution is -2.27. The van der Waals surface area contributed by atoms with Crippen molar-refractivity contribution in [3.8, 4) is 0 Å². The fourth-order valence-electron chi connectivity index (χ4n) is 4.07. The molecule has 1 saturated heterocycles. The number of imidazole rings is 1. The number of benzene rings is 2. The van der Waals surface area contributed by atoms with Crippen LogP contribution in [0.2, 0.25) is 5.15 Å². The van der Waals surface area contributed by atoms with Gasteiger partial charge in [0.1, 0.15) is 36.5 Å². The predicted octanol–water partition coefficient (Wildman–Crippen LogP) is 4.61. The molecule has 0 radical (unpaired) electrons. The van der Waals surface area contributed by atoms with Gasteiger partial charge in [0.05, 0.1) is 23.4 Å². The molecule has 3 heterocycles. The first-order valence-electron chi connectivity index (χ1n) is 11.2. The Hall–Kier alpha value is -4.08. The Balaban J connectivity index is 1.36. The van der Waals surface area contributed by atoms with Gasteiger partial charge in [-0.3, -0.25) is 4.57 Å². The molecule has 36 heavy (non-hydrogen) atoms. The summed E-state index contributed by atoms with van der Waals surface area (Å²) in [5, 5.41) is 0.225. The Morgan fingerprint density at radius 3 is 2.36 bits per heavy atom. The maximum absolute atomic E-state index is 12.6. The van der Waals surface area contributed by atoms with Gasteiger partial charge in [0.15, 0.2) is 10.8 Å². The molecule has 3 atom stereocenters. The molecule has 1 aliphatic rings. The number of rotatable bonds is 7. The van der Waals surface area contributed by atoms with Gasteiger partial charge in [-0.05, 0) is 24.3 Å². The Kier molecular flexibility index (Phi) is 6.75. The van der Waals surface area contributed by atoms with E-state index in [1.165, 1.54) is 6.33 Å². The first kappa shape index (κ1) is 23.7. The number of hydrogen-bond donors (Lipinski definition) is 0. The quantitative estimate of drug-likeness (QED) is 0.204. The first-order valence-corrected chi connectivity index (χ1v) is 11.6. The molecular weight excluding hydrogens is 484 g/mol. The molecule has 5 rings (SSSR count). The van der Waals surface area contributed by atoms with E-state index in [9.17, 15) is 9.59 Å². The van der Waals surface area contributed by atoms with Crippen LogP contribution in [-0.2, 0) is 14.2 Å². The number of aromatic nitrogens is 4. The summed E-state index contributed by atoms with van der Waals surface area (Å²) in [6.45, 7) is 3.92. The molecule has 2 aromatic carbocycles. The molecule has 10 heteroatoms. The number of halogens is 1. The largest absolute Gasteiger partial charge is 0.459 e. The molecule has 0 spiro atoms. The zero-order valence-corrected chi connectivity index (χ0v) is 19.7. The summed E-state index contributed by atoms with van der Waals surface area (Å²) in [6.07, 6.45) is 2.10. The van der Waals surface area contributed by atoms with E-state index in [4.69, 9.17) is 25.8 Å². The van der Waals surface area contributed by atoms with Crippen molar-refractivity contribution in [2.24, 2.45) is 5.92 Å². The van der Waals surface area contributed by atoms with Gasteiger partial charge in [-0.15, -0.1) is 0 Å². The molecule has 182 valence electrons. The Morgan fingerprint density at radius 2 is 1.67 bits per heavy atom. The lowest BCUT2D eigenvalue weighted by molar-refractivity contribution is -0.0389. The van der Waals surface area contributed by atoms with Crippen molar-refractivity contribution >= 4 is 34.7 Å². The van der Waals surface area contributed by atoms with Gasteiger partial charge in [-0.2, -0.15) is 0 Å². The van der Waals surface area contributed by atoms with E-state index in [-0.39, 0.29) is 17.5 Å². The SMILES string of the molecule is C=C(OC(=O)c1ccccc1)C1CC(n2cnc3c(Cl)ncnc32)OC1COC(=O)c1ccccc1. The number of carbonyl (C=O) groups is 2. The zero-order chi connectivity index (χ0) is 25.1. The molecule has 1 fully saturated rings. The Morgan fingerprint density at radius 1 is 1.00 bits per heavy atom. The highest BCUT2D eigenvalue weighted by Gasteiger charge is 2.41. The molecule has 0 saturated carbocycles. The minimum atomic E-state index is -0.631. The van der Waals surface area contributed by atoms with Crippen molar-refractivity contribution in [2.75, 3.05) is 6.61 Å². The van der Waals surface area contributed by atoms with E-state index < -0.39 is 30.2 Å². The van der Waals surface area contributed by atoms with Crippen LogP contribution in [0.15, 0.2) is 85.7 Å². The number of hydrogen-bond acceptors (Lipinski definition) is 8. The van der Waals surface area contributed by atoms with Crippen LogP contribution in [0.3, 0.4) is 0 Å². The summed E-state index contributed by atoms with van der Waals surface area (Å²) in [6, 6.07) is 17.3. The normalized spacial score (nSPS) is 19.2. The number of ether oxygens (including phenoxy) is 3. The fourth-order valence-corrected chi connectivity index (χ4v) is 4.25. The van der Waals surface area contributed by atoms with Crippen LogP contribution in [0.1, 0.15) is 33.4 Å². The molecule has 2 aromatic heterocycles. The smallest absolute Gasteiger partial charge is 0.343 e. The predicted molar refractivity (Wildman–Crippen MR) is 130 cm³/mol. The minimum absolute atomic E-state index is 0.0703. The standard InChI is InChI=1S/C26H21ClN4O5/c1-16(35-26(33)18-10-6-3-7-11-18)19-12-21(31-15-30-22-23(27)28-14-29-24(22)31)36-20(19)13-34-25(32)17-8-4-2-5-9-17/h2-11,14-15,19-21H,1,12-13H2. The van der Waals surface area contributed by atoms with Crippen LogP contribution in [0, 0.1) is 5.92 Å². The van der Waals surface area contributed by atoms with E-state index in [1.54, 1.807) is 59.4 Å². The first-order chi connectivity index (χ1) is 17.5. The van der Waals surface area contributed by atoms with Crippen LogP contribution in [0.4, 0.5) is 0 Å². The summed E-state index contributed by atoms with van der Waals surface area (Å²) < 4.78 is 19.1. The highest BCUT2D eigenvalue weighted by atomic mass is 35.5. The highest BCUT2D eigenvalue weighted by molar-refractivity contribution is 6.33. The average molecular weight is 505 g/mol. The third-order valence-corrected chi connectivity index (χ3v) is 6.17. The van der Waals surface area contributed by atoms with Crippen LogP contribution in [0.25, 0.3) is 11.2 Å². The lowest BCUT2D eigenvalue weighted by Gasteiger charge is -2.20.